The molecule has 2 aromatic heterocycles. The molecule has 0 saturated carbocycles. The number of thioether (sulfide) groups is 2. The van der Waals surface area contributed by atoms with Crippen molar-refractivity contribution in [3.8, 4) is 10.4 Å². The van der Waals surface area contributed by atoms with Crippen LogP contribution in [0.3, 0.4) is 0 Å². The van der Waals surface area contributed by atoms with E-state index in [-0.39, 0.29) is 0 Å². The molecule has 1 unspecified atom stereocenters. The first-order valence-electron chi connectivity index (χ1n) is 4.71. The van der Waals surface area contributed by atoms with Crippen LogP contribution >= 0.6 is 46.2 Å². The van der Waals surface area contributed by atoms with E-state index >= 15 is 0 Å². The Morgan fingerprint density at radius 2 is 2.33 bits per heavy atom. The Balaban J connectivity index is 2.00. The van der Waals surface area contributed by atoms with E-state index in [0.29, 0.717) is 0 Å². The lowest BCUT2D eigenvalue weighted by Gasteiger charge is -2.03. The van der Waals surface area contributed by atoms with E-state index in [1.165, 1.54) is 21.8 Å². The summed E-state index contributed by atoms with van der Waals surface area (Å²) in [6.07, 6.45) is 3.44. The summed E-state index contributed by atoms with van der Waals surface area (Å²) in [5.41, 5.74) is 2.96. The van der Waals surface area contributed by atoms with Crippen LogP contribution in [-0.4, -0.2) is 10.8 Å². The highest BCUT2D eigenvalue weighted by Gasteiger charge is 2.26. The highest BCUT2D eigenvalue weighted by molar-refractivity contribution is 8.17. The predicted molar refractivity (Wildman–Crippen MR) is 74.5 cm³/mol. The first kappa shape index (κ1) is 10.3. The molecule has 3 rings (SSSR count). The maximum Gasteiger partial charge on any atom is 0.0588 e. The molecular weight excluding hydrogens is 260 g/mol. The molecule has 1 aliphatic heterocycles. The van der Waals surface area contributed by atoms with Crippen LogP contribution in [0, 0.1) is 0 Å². The zero-order chi connectivity index (χ0) is 10.3. The molecule has 0 nitrogen and oxygen atoms in total. The van der Waals surface area contributed by atoms with Gasteiger partial charge in [-0.15, -0.1) is 23.1 Å². The Morgan fingerprint density at radius 3 is 3.07 bits per heavy atom. The Bertz CT molecular complexity index is 455. The molecule has 1 atom stereocenters. The fourth-order valence-electron chi connectivity index (χ4n) is 1.73. The quantitative estimate of drug-likeness (QED) is 0.768. The second-order valence-electron chi connectivity index (χ2n) is 3.42. The van der Waals surface area contributed by atoms with Crippen LogP contribution in [0.5, 0.6) is 0 Å². The van der Waals surface area contributed by atoms with Crippen molar-refractivity contribution in [2.24, 2.45) is 0 Å². The van der Waals surface area contributed by atoms with Crippen molar-refractivity contribution in [2.75, 3.05) is 6.26 Å². The van der Waals surface area contributed by atoms with Crippen LogP contribution in [0.1, 0.15) is 5.56 Å². The van der Waals surface area contributed by atoms with Gasteiger partial charge in [0.2, 0.25) is 0 Å². The lowest BCUT2D eigenvalue weighted by Crippen LogP contribution is -1.91. The van der Waals surface area contributed by atoms with Crippen molar-refractivity contribution in [3.63, 3.8) is 0 Å². The van der Waals surface area contributed by atoms with Crippen molar-refractivity contribution >= 4 is 46.2 Å². The number of hydrogen-bond donors (Lipinski definition) is 0. The van der Waals surface area contributed by atoms with E-state index < -0.39 is 0 Å². The molecule has 0 radical (unpaired) electrons. The highest BCUT2D eigenvalue weighted by Crippen LogP contribution is 2.49. The second-order valence-corrected chi connectivity index (χ2v) is 7.63. The second kappa shape index (κ2) is 4.17. The topological polar surface area (TPSA) is 0 Å². The van der Waals surface area contributed by atoms with Crippen LogP contribution in [0.4, 0.5) is 0 Å². The van der Waals surface area contributed by atoms with Gasteiger partial charge in [0.1, 0.15) is 0 Å². The van der Waals surface area contributed by atoms with E-state index in [1.807, 2.05) is 34.9 Å². The smallest absolute Gasteiger partial charge is 0.0588 e. The van der Waals surface area contributed by atoms with Gasteiger partial charge in [-0.25, -0.2) is 0 Å². The maximum atomic E-state index is 2.34. The first-order valence-corrected chi connectivity index (χ1v) is 8.70. The van der Waals surface area contributed by atoms with E-state index in [4.69, 9.17) is 0 Å². The van der Waals surface area contributed by atoms with Crippen LogP contribution in [0.2, 0.25) is 0 Å². The molecule has 15 heavy (non-hydrogen) atoms. The third-order valence-electron chi connectivity index (χ3n) is 2.50. The average Bonchev–Trinajstić information content (AvgIpc) is 2.92. The monoisotopic (exact) mass is 270 g/mol. The van der Waals surface area contributed by atoms with Crippen LogP contribution in [-0.2, 0) is 6.42 Å². The molecule has 0 aromatic carbocycles. The molecule has 4 heteroatoms. The fraction of sp³-hybridized carbons (Fsp3) is 0.273. The van der Waals surface area contributed by atoms with Crippen molar-refractivity contribution in [2.45, 2.75) is 15.9 Å². The molecular formula is C11H10S4. The van der Waals surface area contributed by atoms with Crippen molar-refractivity contribution < 1.29 is 0 Å². The minimum Gasteiger partial charge on any atom is -0.152 e. The Labute approximate surface area is 106 Å². The number of rotatable bonds is 2. The van der Waals surface area contributed by atoms with Gasteiger partial charge in [0.15, 0.2) is 0 Å². The normalized spacial score (nSPS) is 19.4. The lowest BCUT2D eigenvalue weighted by atomic mass is 10.2. The molecule has 0 spiro atoms. The average molecular weight is 270 g/mol. The Kier molecular flexibility index (Phi) is 2.85. The maximum absolute atomic E-state index is 2.34. The summed E-state index contributed by atoms with van der Waals surface area (Å²) in [7, 11) is 0. The molecule has 0 amide bonds. The van der Waals surface area contributed by atoms with Gasteiger partial charge in [-0.3, -0.25) is 0 Å². The Morgan fingerprint density at radius 1 is 1.40 bits per heavy atom. The van der Waals surface area contributed by atoms with E-state index in [2.05, 4.69) is 28.5 Å². The predicted octanol–water partition coefficient (Wildman–Crippen LogP) is 4.81. The summed E-state index contributed by atoms with van der Waals surface area (Å²) in [6, 6.07) is 2.23. The number of thiophene rings is 2. The van der Waals surface area contributed by atoms with Gasteiger partial charge >= 0.3 is 0 Å². The summed E-state index contributed by atoms with van der Waals surface area (Å²) in [5.74, 6) is 0. The van der Waals surface area contributed by atoms with Gasteiger partial charge in [0.05, 0.1) is 4.58 Å². The van der Waals surface area contributed by atoms with Gasteiger partial charge in [-0.1, -0.05) is 0 Å². The molecule has 0 fully saturated rings. The molecule has 3 heterocycles. The molecule has 2 aromatic rings. The van der Waals surface area contributed by atoms with Gasteiger partial charge < -0.3 is 0 Å². The summed E-state index contributed by atoms with van der Waals surface area (Å²) in [5, 5.41) is 6.75. The summed E-state index contributed by atoms with van der Waals surface area (Å²) in [6.45, 7) is 0. The third kappa shape index (κ3) is 1.78. The molecule has 0 aliphatic carbocycles. The zero-order valence-electron chi connectivity index (χ0n) is 8.23. The van der Waals surface area contributed by atoms with Crippen LogP contribution in [0.15, 0.2) is 27.1 Å². The van der Waals surface area contributed by atoms with Gasteiger partial charge in [0.25, 0.3) is 0 Å². The molecule has 0 saturated heterocycles. The lowest BCUT2D eigenvalue weighted by molar-refractivity contribution is 1.13. The van der Waals surface area contributed by atoms with E-state index in [9.17, 15) is 0 Å². The molecule has 0 N–H and O–H groups in total. The molecule has 0 bridgehead atoms. The fourth-order valence-corrected chi connectivity index (χ4v) is 5.85. The largest absolute Gasteiger partial charge is 0.152 e. The molecule has 1 aliphatic rings. The van der Waals surface area contributed by atoms with Gasteiger partial charge in [-0.2, -0.15) is 23.1 Å². The molecule has 78 valence electrons. The third-order valence-corrected chi connectivity index (χ3v) is 7.08. The van der Waals surface area contributed by atoms with Gasteiger partial charge in [-0.05, 0) is 40.4 Å². The summed E-state index contributed by atoms with van der Waals surface area (Å²) >= 11 is 7.70. The number of fused-ring (bicyclic) bond motifs is 1. The SMILES string of the molecule is CSC1Cc2csc(-c3ccsc3)c2S1. The standard InChI is InChI=1S/C11H10S4/c1-12-9-4-8-6-14-10(11(8)15-9)7-2-3-13-5-7/h2-3,5-6,9H,4H2,1H3. The minimum atomic E-state index is 0.737. The van der Waals surface area contributed by atoms with Crippen molar-refractivity contribution in [1.82, 2.24) is 0 Å². The minimum absolute atomic E-state index is 0.737. The van der Waals surface area contributed by atoms with Gasteiger partial charge in [0, 0.05) is 15.3 Å². The van der Waals surface area contributed by atoms with E-state index in [1.54, 1.807) is 16.9 Å². The number of hydrogen-bond acceptors (Lipinski definition) is 4. The first-order chi connectivity index (χ1) is 7.38. The summed E-state index contributed by atoms with van der Waals surface area (Å²) < 4.78 is 0.737. The van der Waals surface area contributed by atoms with Crippen LogP contribution in [0.25, 0.3) is 10.4 Å². The van der Waals surface area contributed by atoms with E-state index in [0.717, 1.165) is 4.58 Å². The Hall–Kier alpha value is 0.1000. The van der Waals surface area contributed by atoms with Crippen molar-refractivity contribution in [3.05, 3.63) is 27.8 Å². The van der Waals surface area contributed by atoms with Crippen molar-refractivity contribution in [1.29, 1.82) is 0 Å². The summed E-state index contributed by atoms with van der Waals surface area (Å²) in [4.78, 5) is 3.02. The highest BCUT2D eigenvalue weighted by atomic mass is 32.2. The zero-order valence-corrected chi connectivity index (χ0v) is 11.5. The van der Waals surface area contributed by atoms with Crippen LogP contribution < -0.4 is 0 Å².